The van der Waals surface area contributed by atoms with Crippen molar-refractivity contribution in [3.63, 3.8) is 0 Å². The number of rotatable bonds is 3. The molecule has 1 aromatic carbocycles. The average molecular weight is 370 g/mol. The standard InChI is InChI=1S/C20H26N4O3/c1-12(2)23-17-11-14(13-7-9-21-10-8-13)3-4-15(17)24(20(23)27)16-5-6-18(25)22-19(16)26/h3-4,11-13,16,21H,5-10H2,1-2H3,(H,22,25,26). The molecule has 2 fully saturated rings. The van der Waals surface area contributed by atoms with Gasteiger partial charge in [-0.2, -0.15) is 0 Å². The Bertz CT molecular complexity index is 950. The summed E-state index contributed by atoms with van der Waals surface area (Å²) in [6.07, 6.45) is 2.79. The first kappa shape index (κ1) is 18.0. The van der Waals surface area contributed by atoms with Crippen molar-refractivity contribution in [1.29, 1.82) is 0 Å². The van der Waals surface area contributed by atoms with Crippen molar-refractivity contribution in [2.75, 3.05) is 13.1 Å². The lowest BCUT2D eigenvalue weighted by Gasteiger charge is -2.23. The summed E-state index contributed by atoms with van der Waals surface area (Å²) in [6, 6.07) is 5.52. The van der Waals surface area contributed by atoms with Crippen LogP contribution in [0.5, 0.6) is 0 Å². The Hall–Kier alpha value is -2.41. The number of carbonyl (C=O) groups excluding carboxylic acids is 2. The number of benzene rings is 1. The van der Waals surface area contributed by atoms with E-state index in [4.69, 9.17) is 0 Å². The predicted molar refractivity (Wildman–Crippen MR) is 103 cm³/mol. The van der Waals surface area contributed by atoms with Crippen molar-refractivity contribution in [1.82, 2.24) is 19.8 Å². The average Bonchev–Trinajstić information content (AvgIpc) is 2.94. The van der Waals surface area contributed by atoms with Crippen molar-refractivity contribution in [2.45, 2.75) is 57.5 Å². The summed E-state index contributed by atoms with van der Waals surface area (Å²) >= 11 is 0. The van der Waals surface area contributed by atoms with E-state index in [0.717, 1.165) is 37.0 Å². The van der Waals surface area contributed by atoms with Gasteiger partial charge in [-0.25, -0.2) is 4.79 Å². The number of amides is 2. The van der Waals surface area contributed by atoms with Crippen LogP contribution in [-0.2, 0) is 9.59 Å². The van der Waals surface area contributed by atoms with Gasteiger partial charge in [0.15, 0.2) is 0 Å². The summed E-state index contributed by atoms with van der Waals surface area (Å²) in [4.78, 5) is 37.1. The maximum Gasteiger partial charge on any atom is 0.330 e. The van der Waals surface area contributed by atoms with Gasteiger partial charge in [0.25, 0.3) is 0 Å². The molecule has 2 aromatic rings. The maximum absolute atomic E-state index is 13.2. The van der Waals surface area contributed by atoms with Crippen LogP contribution in [0.4, 0.5) is 0 Å². The molecule has 0 radical (unpaired) electrons. The zero-order valence-electron chi connectivity index (χ0n) is 15.8. The molecular formula is C20H26N4O3. The molecular weight excluding hydrogens is 344 g/mol. The van der Waals surface area contributed by atoms with E-state index in [9.17, 15) is 14.4 Å². The van der Waals surface area contributed by atoms with Crippen molar-refractivity contribution in [3.8, 4) is 0 Å². The van der Waals surface area contributed by atoms with Gasteiger partial charge < -0.3 is 5.32 Å². The van der Waals surface area contributed by atoms with Gasteiger partial charge >= 0.3 is 5.69 Å². The first-order valence-electron chi connectivity index (χ1n) is 9.78. The van der Waals surface area contributed by atoms with E-state index < -0.39 is 11.9 Å². The number of carbonyl (C=O) groups is 2. The lowest BCUT2D eigenvalue weighted by molar-refractivity contribution is -0.135. The van der Waals surface area contributed by atoms with E-state index in [0.29, 0.717) is 12.3 Å². The lowest BCUT2D eigenvalue weighted by atomic mass is 9.90. The smallest absolute Gasteiger partial charge is 0.317 e. The van der Waals surface area contributed by atoms with Gasteiger partial charge in [-0.15, -0.1) is 0 Å². The molecule has 2 amide bonds. The molecule has 7 heteroatoms. The fraction of sp³-hybridized carbons (Fsp3) is 0.550. The Kier molecular flexibility index (Phi) is 4.63. The lowest BCUT2D eigenvalue weighted by Crippen LogP contribution is -2.44. The van der Waals surface area contributed by atoms with Crippen molar-refractivity contribution >= 4 is 22.8 Å². The molecule has 27 heavy (non-hydrogen) atoms. The zero-order valence-corrected chi connectivity index (χ0v) is 15.8. The summed E-state index contributed by atoms with van der Waals surface area (Å²) in [5.74, 6) is -0.172. The van der Waals surface area contributed by atoms with Gasteiger partial charge in [0.05, 0.1) is 11.0 Å². The number of piperidine rings is 2. The van der Waals surface area contributed by atoms with Crippen LogP contribution < -0.4 is 16.3 Å². The normalized spacial score (nSPS) is 21.8. The summed E-state index contributed by atoms with van der Waals surface area (Å²) in [7, 11) is 0. The number of hydrogen-bond acceptors (Lipinski definition) is 4. The van der Waals surface area contributed by atoms with Gasteiger partial charge in [-0.05, 0) is 69.8 Å². The van der Waals surface area contributed by atoms with E-state index in [-0.39, 0.29) is 24.1 Å². The number of imidazole rings is 1. The Labute approximate surface area is 157 Å². The molecule has 4 rings (SSSR count). The molecule has 0 bridgehead atoms. The molecule has 1 atom stereocenters. The third-order valence-corrected chi connectivity index (χ3v) is 5.78. The summed E-state index contributed by atoms with van der Waals surface area (Å²) in [5.41, 5.74) is 2.70. The highest BCUT2D eigenvalue weighted by Gasteiger charge is 2.32. The zero-order chi connectivity index (χ0) is 19.1. The Morgan fingerprint density at radius 1 is 1.04 bits per heavy atom. The minimum absolute atomic E-state index is 0.0159. The number of nitrogens with one attached hydrogen (secondary N) is 2. The van der Waals surface area contributed by atoms with E-state index >= 15 is 0 Å². The molecule has 1 unspecified atom stereocenters. The van der Waals surface area contributed by atoms with Crippen LogP contribution in [0.3, 0.4) is 0 Å². The molecule has 0 saturated carbocycles. The molecule has 3 heterocycles. The van der Waals surface area contributed by atoms with Crippen molar-refractivity contribution in [2.24, 2.45) is 0 Å². The fourth-order valence-electron chi connectivity index (χ4n) is 4.40. The number of hydrogen-bond donors (Lipinski definition) is 2. The van der Waals surface area contributed by atoms with Crippen LogP contribution in [0.1, 0.15) is 63.1 Å². The highest BCUT2D eigenvalue weighted by atomic mass is 16.2. The van der Waals surface area contributed by atoms with Gasteiger partial charge in [-0.1, -0.05) is 6.07 Å². The quantitative estimate of drug-likeness (QED) is 0.807. The molecule has 144 valence electrons. The number of fused-ring (bicyclic) bond motifs is 1. The Balaban J connectivity index is 1.85. The fourth-order valence-corrected chi connectivity index (χ4v) is 4.40. The molecule has 2 N–H and O–H groups in total. The third-order valence-electron chi connectivity index (χ3n) is 5.78. The monoisotopic (exact) mass is 370 g/mol. The minimum Gasteiger partial charge on any atom is -0.317 e. The van der Waals surface area contributed by atoms with Crippen molar-refractivity contribution < 1.29 is 9.59 Å². The van der Waals surface area contributed by atoms with Crippen LogP contribution >= 0.6 is 0 Å². The second kappa shape index (κ2) is 6.96. The molecule has 2 aliphatic heterocycles. The van der Waals surface area contributed by atoms with Crippen LogP contribution in [0, 0.1) is 0 Å². The number of nitrogens with zero attached hydrogens (tertiary/aromatic N) is 2. The molecule has 0 aliphatic carbocycles. The van der Waals surface area contributed by atoms with Crippen LogP contribution in [0.25, 0.3) is 11.0 Å². The van der Waals surface area contributed by atoms with Crippen LogP contribution in [0.15, 0.2) is 23.0 Å². The number of aromatic nitrogens is 2. The van der Waals surface area contributed by atoms with Gasteiger partial charge in [0.1, 0.15) is 6.04 Å². The molecule has 7 nitrogen and oxygen atoms in total. The van der Waals surface area contributed by atoms with Crippen LogP contribution in [-0.4, -0.2) is 34.0 Å². The largest absolute Gasteiger partial charge is 0.330 e. The third kappa shape index (κ3) is 3.10. The summed E-state index contributed by atoms with van der Waals surface area (Å²) < 4.78 is 3.34. The van der Waals surface area contributed by atoms with Gasteiger partial charge in [-0.3, -0.25) is 24.0 Å². The summed E-state index contributed by atoms with van der Waals surface area (Å²) in [6.45, 7) is 5.98. The van der Waals surface area contributed by atoms with E-state index in [1.165, 1.54) is 5.56 Å². The molecule has 0 spiro atoms. The van der Waals surface area contributed by atoms with Gasteiger partial charge in [0, 0.05) is 12.5 Å². The second-order valence-electron chi connectivity index (χ2n) is 7.86. The SMILES string of the molecule is CC(C)n1c(=O)n(C2CCC(=O)NC2=O)c2ccc(C3CCNCC3)cc21. The summed E-state index contributed by atoms with van der Waals surface area (Å²) in [5, 5.41) is 5.75. The molecule has 2 aliphatic rings. The number of imide groups is 1. The first-order chi connectivity index (χ1) is 13.0. The van der Waals surface area contributed by atoms with Gasteiger partial charge in [0.2, 0.25) is 11.8 Å². The Morgan fingerprint density at radius 2 is 1.78 bits per heavy atom. The van der Waals surface area contributed by atoms with E-state index in [2.05, 4.69) is 22.8 Å². The minimum atomic E-state index is -0.637. The van der Waals surface area contributed by atoms with E-state index in [1.54, 1.807) is 9.13 Å². The van der Waals surface area contributed by atoms with Crippen LogP contribution in [0.2, 0.25) is 0 Å². The van der Waals surface area contributed by atoms with E-state index in [1.807, 2.05) is 19.9 Å². The molecule has 1 aromatic heterocycles. The highest BCUT2D eigenvalue weighted by molar-refractivity contribution is 6.00. The first-order valence-corrected chi connectivity index (χ1v) is 9.78. The highest BCUT2D eigenvalue weighted by Crippen LogP contribution is 2.30. The topological polar surface area (TPSA) is 85.1 Å². The predicted octanol–water partition coefficient (Wildman–Crippen LogP) is 1.83. The Morgan fingerprint density at radius 3 is 2.44 bits per heavy atom. The maximum atomic E-state index is 13.2. The van der Waals surface area contributed by atoms with Crippen molar-refractivity contribution in [3.05, 3.63) is 34.2 Å². The second-order valence-corrected chi connectivity index (χ2v) is 7.86. The molecule has 2 saturated heterocycles.